The van der Waals surface area contributed by atoms with Crippen molar-refractivity contribution in [2.75, 3.05) is 39.3 Å². The summed E-state index contributed by atoms with van der Waals surface area (Å²) in [4.78, 5) is 31.1. The molecule has 3 heterocycles. The zero-order valence-corrected chi connectivity index (χ0v) is 19.0. The van der Waals surface area contributed by atoms with Crippen LogP contribution in [0.15, 0.2) is 15.7 Å². The first kappa shape index (κ1) is 21.9. The largest absolute Gasteiger partial charge is 0.338 e. The van der Waals surface area contributed by atoms with Crippen LogP contribution in [0.25, 0.3) is 11.0 Å². The van der Waals surface area contributed by atoms with Crippen LogP contribution in [-0.4, -0.2) is 86.4 Å². The Kier molecular flexibility index (Phi) is 6.41. The number of hydrogen-bond acceptors (Lipinski definition) is 6. The van der Waals surface area contributed by atoms with E-state index in [4.69, 9.17) is 0 Å². The predicted octanol–water partition coefficient (Wildman–Crippen LogP) is -0.377. The highest BCUT2D eigenvalue weighted by Crippen LogP contribution is 2.17. The summed E-state index contributed by atoms with van der Waals surface area (Å²) in [5.74, 6) is -0.256. The first-order valence-corrected chi connectivity index (χ1v) is 11.5. The van der Waals surface area contributed by atoms with Crippen LogP contribution < -0.4 is 5.56 Å². The van der Waals surface area contributed by atoms with E-state index in [1.54, 1.807) is 25.8 Å². The second kappa shape index (κ2) is 8.50. The number of halogens is 1. The van der Waals surface area contributed by atoms with Crippen LogP contribution in [0.1, 0.15) is 13.8 Å². The molecule has 0 unspecified atom stereocenters. The van der Waals surface area contributed by atoms with Crippen molar-refractivity contribution in [3.63, 3.8) is 0 Å². The number of rotatable bonds is 6. The number of nitrogens with zero attached hydrogens (tertiary/aromatic N) is 7. The van der Waals surface area contributed by atoms with Crippen LogP contribution in [0, 0.1) is 0 Å². The molecule has 1 aliphatic rings. The Bertz CT molecular complexity index is 1070. The van der Waals surface area contributed by atoms with E-state index in [0.717, 1.165) is 0 Å². The fourth-order valence-electron chi connectivity index (χ4n) is 3.38. The molecule has 1 aliphatic heterocycles. The van der Waals surface area contributed by atoms with Gasteiger partial charge in [0.1, 0.15) is 22.9 Å². The van der Waals surface area contributed by atoms with E-state index in [-0.39, 0.29) is 44.2 Å². The highest BCUT2D eigenvalue weighted by atomic mass is 79.9. The summed E-state index contributed by atoms with van der Waals surface area (Å²) in [6.07, 6.45) is 1.33. The Labute approximate surface area is 177 Å². The summed E-state index contributed by atoms with van der Waals surface area (Å²) in [5, 5.41) is 4.43. The van der Waals surface area contributed by atoms with Crippen molar-refractivity contribution in [1.82, 2.24) is 32.8 Å². The topological polar surface area (TPSA) is 114 Å². The van der Waals surface area contributed by atoms with Gasteiger partial charge in [-0.2, -0.15) is 22.1 Å². The number of amides is 1. The maximum atomic E-state index is 12.7. The Morgan fingerprint density at radius 1 is 1.21 bits per heavy atom. The highest BCUT2D eigenvalue weighted by molar-refractivity contribution is 9.10. The van der Waals surface area contributed by atoms with E-state index in [0.29, 0.717) is 28.7 Å². The van der Waals surface area contributed by atoms with Crippen LogP contribution in [-0.2, 0) is 28.6 Å². The zero-order valence-electron chi connectivity index (χ0n) is 16.6. The van der Waals surface area contributed by atoms with Crippen molar-refractivity contribution in [3.8, 4) is 0 Å². The summed E-state index contributed by atoms with van der Waals surface area (Å²) in [6.45, 7) is 5.25. The van der Waals surface area contributed by atoms with Gasteiger partial charge in [-0.25, -0.2) is 9.67 Å². The first-order valence-electron chi connectivity index (χ1n) is 9.31. The quantitative estimate of drug-likeness (QED) is 0.546. The lowest BCUT2D eigenvalue weighted by atomic mass is 10.3. The molecular weight excluding hydrogens is 466 g/mol. The van der Waals surface area contributed by atoms with Gasteiger partial charge in [-0.1, -0.05) is 13.8 Å². The molecule has 3 rings (SSSR count). The van der Waals surface area contributed by atoms with Crippen molar-refractivity contribution >= 4 is 43.1 Å². The van der Waals surface area contributed by atoms with Gasteiger partial charge in [0.15, 0.2) is 5.65 Å². The van der Waals surface area contributed by atoms with Gasteiger partial charge < -0.3 is 4.90 Å². The van der Waals surface area contributed by atoms with E-state index in [9.17, 15) is 18.0 Å². The third kappa shape index (κ3) is 4.09. The third-order valence-electron chi connectivity index (χ3n) is 5.02. The molecular formula is C16H24BrN7O4S. The van der Waals surface area contributed by atoms with E-state index < -0.39 is 10.2 Å². The van der Waals surface area contributed by atoms with Crippen molar-refractivity contribution in [1.29, 1.82) is 0 Å². The molecule has 2 aromatic rings. The number of hydrogen-bond donors (Lipinski definition) is 0. The predicted molar refractivity (Wildman–Crippen MR) is 110 cm³/mol. The van der Waals surface area contributed by atoms with Gasteiger partial charge in [0.05, 0.1) is 0 Å². The van der Waals surface area contributed by atoms with E-state index in [1.165, 1.54) is 24.2 Å². The summed E-state index contributed by atoms with van der Waals surface area (Å²) in [5.41, 5.74) is 0.0758. The fourth-order valence-corrected chi connectivity index (χ4v) is 5.56. The van der Waals surface area contributed by atoms with Crippen LogP contribution in [0.3, 0.4) is 0 Å². The van der Waals surface area contributed by atoms with Crippen molar-refractivity contribution < 1.29 is 13.2 Å². The summed E-state index contributed by atoms with van der Waals surface area (Å²) >= 11 is 3.25. The Balaban J connectivity index is 1.69. The molecule has 0 N–H and O–H groups in total. The average Bonchev–Trinajstić information content (AvgIpc) is 2.99. The molecule has 0 atom stereocenters. The molecule has 2 aromatic heterocycles. The minimum Gasteiger partial charge on any atom is -0.338 e. The lowest BCUT2D eigenvalue weighted by Gasteiger charge is -2.36. The van der Waals surface area contributed by atoms with Crippen LogP contribution in [0.5, 0.6) is 0 Å². The molecule has 1 fully saturated rings. The molecule has 0 aliphatic carbocycles. The number of piperazine rings is 1. The number of aryl methyl sites for hydroxylation is 1. The van der Waals surface area contributed by atoms with Gasteiger partial charge in [-0.3, -0.25) is 14.2 Å². The van der Waals surface area contributed by atoms with Crippen molar-refractivity contribution in [3.05, 3.63) is 21.3 Å². The normalized spacial score (nSPS) is 16.1. The van der Waals surface area contributed by atoms with Gasteiger partial charge in [-0.05, 0) is 15.9 Å². The summed E-state index contributed by atoms with van der Waals surface area (Å²) < 4.78 is 31.1. The molecule has 11 nitrogen and oxygen atoms in total. The van der Waals surface area contributed by atoms with E-state index >= 15 is 0 Å². The third-order valence-corrected chi connectivity index (χ3v) is 7.77. The number of carbonyl (C=O) groups is 1. The maximum Gasteiger partial charge on any atom is 0.282 e. The maximum absolute atomic E-state index is 12.7. The Morgan fingerprint density at radius 2 is 1.83 bits per heavy atom. The smallest absolute Gasteiger partial charge is 0.282 e. The molecule has 0 saturated carbocycles. The van der Waals surface area contributed by atoms with Gasteiger partial charge in [0.25, 0.3) is 15.8 Å². The minimum atomic E-state index is -3.52. The summed E-state index contributed by atoms with van der Waals surface area (Å²) in [7, 11) is -1.84. The van der Waals surface area contributed by atoms with Gasteiger partial charge in [0, 0.05) is 46.3 Å². The molecule has 0 aromatic carbocycles. The molecule has 160 valence electrons. The number of fused-ring (bicyclic) bond motifs is 1. The van der Waals surface area contributed by atoms with Gasteiger partial charge in [0.2, 0.25) is 5.91 Å². The highest BCUT2D eigenvalue weighted by Gasteiger charge is 2.32. The Hall–Kier alpha value is -1.83. The lowest BCUT2D eigenvalue weighted by molar-refractivity contribution is -0.133. The van der Waals surface area contributed by atoms with Gasteiger partial charge in [-0.15, -0.1) is 0 Å². The van der Waals surface area contributed by atoms with E-state index in [2.05, 4.69) is 26.0 Å². The molecule has 13 heteroatoms. The van der Waals surface area contributed by atoms with Crippen molar-refractivity contribution in [2.45, 2.75) is 20.4 Å². The van der Waals surface area contributed by atoms with Gasteiger partial charge >= 0.3 is 0 Å². The monoisotopic (exact) mass is 489 g/mol. The second-order valence-corrected chi connectivity index (χ2v) is 9.34. The lowest BCUT2D eigenvalue weighted by Crippen LogP contribution is -2.54. The standard InChI is InChI=1S/C16H24BrN7O4S/c1-4-23(5-2)29(27,28)24-8-6-21(7-9-24)12(25)10-22-11-18-15-13(16(22)26)14(17)19-20(15)3/h11H,4-10H2,1-3H3. The Morgan fingerprint density at radius 3 is 2.41 bits per heavy atom. The molecule has 29 heavy (non-hydrogen) atoms. The molecule has 0 bridgehead atoms. The zero-order chi connectivity index (χ0) is 21.3. The summed E-state index contributed by atoms with van der Waals surface area (Å²) in [6, 6.07) is 0. The van der Waals surface area contributed by atoms with Crippen molar-refractivity contribution in [2.24, 2.45) is 7.05 Å². The number of aromatic nitrogens is 4. The SMILES string of the molecule is CCN(CC)S(=O)(=O)N1CCN(C(=O)Cn2cnc3c(c(Br)nn3C)c2=O)CC1. The van der Waals surface area contributed by atoms with E-state index in [1.807, 2.05) is 0 Å². The van der Waals surface area contributed by atoms with Crippen LogP contribution in [0.2, 0.25) is 0 Å². The first-order chi connectivity index (χ1) is 13.7. The number of carbonyl (C=O) groups excluding carboxylic acids is 1. The molecule has 1 saturated heterocycles. The average molecular weight is 490 g/mol. The molecule has 1 amide bonds. The van der Waals surface area contributed by atoms with Crippen LogP contribution >= 0.6 is 15.9 Å². The second-order valence-electron chi connectivity index (χ2n) is 6.66. The minimum absolute atomic E-state index is 0.161. The molecule has 0 radical (unpaired) electrons. The van der Waals surface area contributed by atoms with Crippen LogP contribution in [0.4, 0.5) is 0 Å². The fraction of sp³-hybridized carbons (Fsp3) is 0.625. The molecule has 0 spiro atoms.